The quantitative estimate of drug-likeness (QED) is 0.894. The minimum absolute atomic E-state index is 0.337. The second kappa shape index (κ2) is 7.37. The summed E-state index contributed by atoms with van der Waals surface area (Å²) in [5, 5.41) is 3.22. The van der Waals surface area contributed by atoms with Gasteiger partial charge in [0, 0.05) is 19.1 Å². The molecule has 6 nitrogen and oxygen atoms in total. The normalized spacial score (nSPS) is 20.8. The SMILES string of the molecule is CC(C)Nc1cnc(C[C@H]2CCCN(S(C)(=O)=O)CC2)cn1. The van der Waals surface area contributed by atoms with Crippen molar-refractivity contribution in [1.82, 2.24) is 14.3 Å². The Morgan fingerprint density at radius 2 is 2.05 bits per heavy atom. The Labute approximate surface area is 133 Å². The lowest BCUT2D eigenvalue weighted by Crippen LogP contribution is -2.30. The number of rotatable bonds is 5. The summed E-state index contributed by atoms with van der Waals surface area (Å²) in [5.74, 6) is 1.27. The Bertz CT molecular complexity index is 572. The lowest BCUT2D eigenvalue weighted by atomic mass is 9.95. The summed E-state index contributed by atoms with van der Waals surface area (Å²) in [5.41, 5.74) is 0.979. The van der Waals surface area contributed by atoms with Crippen molar-refractivity contribution in [2.24, 2.45) is 5.92 Å². The number of hydrogen-bond donors (Lipinski definition) is 1. The molecule has 0 amide bonds. The van der Waals surface area contributed by atoms with Crippen LogP contribution < -0.4 is 5.32 Å². The van der Waals surface area contributed by atoms with Crippen LogP contribution in [0.5, 0.6) is 0 Å². The van der Waals surface area contributed by atoms with Gasteiger partial charge in [-0.25, -0.2) is 17.7 Å². The molecule has 1 aromatic heterocycles. The highest BCUT2D eigenvalue weighted by Crippen LogP contribution is 2.22. The van der Waals surface area contributed by atoms with Crippen LogP contribution >= 0.6 is 0 Å². The van der Waals surface area contributed by atoms with E-state index in [4.69, 9.17) is 0 Å². The molecular formula is C15H26N4O2S. The molecule has 1 saturated heterocycles. The van der Waals surface area contributed by atoms with Crippen LogP contribution in [0.1, 0.15) is 38.8 Å². The van der Waals surface area contributed by atoms with Crippen LogP contribution in [0, 0.1) is 5.92 Å². The molecule has 0 aliphatic carbocycles. The van der Waals surface area contributed by atoms with Gasteiger partial charge in [-0.2, -0.15) is 0 Å². The maximum absolute atomic E-state index is 11.6. The molecule has 22 heavy (non-hydrogen) atoms. The zero-order valence-corrected chi connectivity index (χ0v) is 14.4. The molecule has 1 fully saturated rings. The number of aromatic nitrogens is 2. The summed E-state index contributed by atoms with van der Waals surface area (Å²) in [6.07, 6.45) is 8.60. The minimum Gasteiger partial charge on any atom is -0.367 e. The zero-order valence-electron chi connectivity index (χ0n) is 13.6. The average Bonchev–Trinajstić information content (AvgIpc) is 2.65. The van der Waals surface area contributed by atoms with Crippen LogP contribution in [-0.2, 0) is 16.4 Å². The van der Waals surface area contributed by atoms with Crippen LogP contribution in [0.15, 0.2) is 12.4 Å². The maximum Gasteiger partial charge on any atom is 0.211 e. The second-order valence-electron chi connectivity index (χ2n) is 6.36. The number of anilines is 1. The van der Waals surface area contributed by atoms with E-state index >= 15 is 0 Å². The fraction of sp³-hybridized carbons (Fsp3) is 0.733. The van der Waals surface area contributed by atoms with Crippen molar-refractivity contribution in [2.45, 2.75) is 45.6 Å². The smallest absolute Gasteiger partial charge is 0.211 e. The molecule has 0 bridgehead atoms. The number of nitrogens with zero attached hydrogens (tertiary/aromatic N) is 3. The molecule has 1 atom stereocenters. The zero-order chi connectivity index (χ0) is 16.2. The topological polar surface area (TPSA) is 75.2 Å². The molecule has 1 aliphatic heterocycles. The summed E-state index contributed by atoms with van der Waals surface area (Å²) >= 11 is 0. The number of sulfonamides is 1. The van der Waals surface area contributed by atoms with Crippen molar-refractivity contribution >= 4 is 15.8 Å². The second-order valence-corrected chi connectivity index (χ2v) is 8.34. The Hall–Kier alpha value is -1.21. The molecule has 0 aromatic carbocycles. The van der Waals surface area contributed by atoms with Crippen molar-refractivity contribution in [3.05, 3.63) is 18.1 Å². The largest absolute Gasteiger partial charge is 0.367 e. The molecule has 1 N–H and O–H groups in total. The van der Waals surface area contributed by atoms with Gasteiger partial charge in [0.25, 0.3) is 0 Å². The Balaban J connectivity index is 1.91. The summed E-state index contributed by atoms with van der Waals surface area (Å²) in [6.45, 7) is 5.38. The van der Waals surface area contributed by atoms with Gasteiger partial charge in [-0.05, 0) is 45.4 Å². The van der Waals surface area contributed by atoms with E-state index in [9.17, 15) is 8.42 Å². The number of hydrogen-bond acceptors (Lipinski definition) is 5. The molecule has 0 unspecified atom stereocenters. The van der Waals surface area contributed by atoms with E-state index in [0.29, 0.717) is 25.0 Å². The van der Waals surface area contributed by atoms with Gasteiger partial charge in [0.05, 0.1) is 24.3 Å². The van der Waals surface area contributed by atoms with Gasteiger partial charge in [0.2, 0.25) is 10.0 Å². The molecule has 7 heteroatoms. The highest BCUT2D eigenvalue weighted by molar-refractivity contribution is 7.88. The first-order valence-electron chi connectivity index (χ1n) is 7.87. The van der Waals surface area contributed by atoms with Gasteiger partial charge in [-0.15, -0.1) is 0 Å². The van der Waals surface area contributed by atoms with Crippen molar-refractivity contribution in [3.8, 4) is 0 Å². The Morgan fingerprint density at radius 3 is 2.64 bits per heavy atom. The first-order chi connectivity index (χ1) is 10.3. The van der Waals surface area contributed by atoms with Crippen LogP contribution in [-0.4, -0.2) is 48.1 Å². The van der Waals surface area contributed by atoms with E-state index < -0.39 is 10.0 Å². The van der Waals surface area contributed by atoms with Gasteiger partial charge < -0.3 is 5.32 Å². The van der Waals surface area contributed by atoms with Crippen LogP contribution in [0.25, 0.3) is 0 Å². The van der Waals surface area contributed by atoms with E-state index in [1.807, 2.05) is 6.20 Å². The van der Waals surface area contributed by atoms with Crippen molar-refractivity contribution in [2.75, 3.05) is 24.7 Å². The van der Waals surface area contributed by atoms with Gasteiger partial charge in [0.1, 0.15) is 5.82 Å². The van der Waals surface area contributed by atoms with Crippen molar-refractivity contribution < 1.29 is 8.42 Å². The monoisotopic (exact) mass is 326 g/mol. The van der Waals surface area contributed by atoms with Crippen LogP contribution in [0.4, 0.5) is 5.82 Å². The molecular weight excluding hydrogens is 300 g/mol. The highest BCUT2D eigenvalue weighted by atomic mass is 32.2. The molecule has 2 heterocycles. The lowest BCUT2D eigenvalue weighted by Gasteiger charge is -2.17. The first kappa shape index (κ1) is 17.1. The fourth-order valence-corrected chi connectivity index (χ4v) is 3.70. The van der Waals surface area contributed by atoms with Crippen molar-refractivity contribution in [3.63, 3.8) is 0 Å². The summed E-state index contributed by atoms with van der Waals surface area (Å²) in [7, 11) is -3.07. The van der Waals surface area contributed by atoms with E-state index in [-0.39, 0.29) is 0 Å². The molecule has 1 aliphatic rings. The van der Waals surface area contributed by atoms with Gasteiger partial charge >= 0.3 is 0 Å². The van der Waals surface area contributed by atoms with E-state index in [1.54, 1.807) is 10.5 Å². The first-order valence-corrected chi connectivity index (χ1v) is 9.72. The summed E-state index contributed by atoms with van der Waals surface area (Å²) in [4.78, 5) is 8.85. The maximum atomic E-state index is 11.6. The van der Waals surface area contributed by atoms with Crippen molar-refractivity contribution in [1.29, 1.82) is 0 Å². The molecule has 0 spiro atoms. The van der Waals surface area contributed by atoms with Gasteiger partial charge in [-0.1, -0.05) is 0 Å². The summed E-state index contributed by atoms with van der Waals surface area (Å²) < 4.78 is 24.8. The van der Waals surface area contributed by atoms with Crippen LogP contribution in [0.3, 0.4) is 0 Å². The van der Waals surface area contributed by atoms with E-state index in [2.05, 4.69) is 29.1 Å². The van der Waals surface area contributed by atoms with Gasteiger partial charge in [0.15, 0.2) is 0 Å². The van der Waals surface area contributed by atoms with Crippen LogP contribution in [0.2, 0.25) is 0 Å². The third-order valence-corrected chi connectivity index (χ3v) is 5.22. The lowest BCUT2D eigenvalue weighted by molar-refractivity contribution is 0.412. The standard InChI is InChI=1S/C15H26N4O2S/c1-12(2)18-15-11-16-14(10-17-15)9-13-5-4-7-19(8-6-13)22(3,20)21/h10-13H,4-9H2,1-3H3,(H,17,18)/t13-/m0/s1. The number of nitrogens with one attached hydrogen (secondary N) is 1. The Morgan fingerprint density at radius 1 is 1.27 bits per heavy atom. The molecule has 0 radical (unpaired) electrons. The third kappa shape index (κ3) is 5.21. The predicted molar refractivity (Wildman–Crippen MR) is 88.3 cm³/mol. The molecule has 2 rings (SSSR count). The van der Waals surface area contributed by atoms with E-state index in [1.165, 1.54) is 6.26 Å². The predicted octanol–water partition coefficient (Wildman–Crippen LogP) is 1.90. The highest BCUT2D eigenvalue weighted by Gasteiger charge is 2.23. The fourth-order valence-electron chi connectivity index (χ4n) is 2.80. The van der Waals surface area contributed by atoms with Gasteiger partial charge in [-0.3, -0.25) is 4.98 Å². The third-order valence-electron chi connectivity index (χ3n) is 3.92. The average molecular weight is 326 g/mol. The molecule has 1 aromatic rings. The molecule has 124 valence electrons. The van der Waals surface area contributed by atoms with E-state index in [0.717, 1.165) is 37.2 Å². The Kier molecular flexibility index (Phi) is 5.74. The minimum atomic E-state index is -3.07. The summed E-state index contributed by atoms with van der Waals surface area (Å²) in [6, 6.07) is 0.337. The molecule has 0 saturated carbocycles.